The van der Waals surface area contributed by atoms with Crippen LogP contribution in [0.1, 0.15) is 50.1 Å². The van der Waals surface area contributed by atoms with E-state index in [1.807, 2.05) is 7.05 Å². The molecule has 150 valence electrons. The van der Waals surface area contributed by atoms with Crippen molar-refractivity contribution in [2.75, 3.05) is 40.5 Å². The molecule has 1 aliphatic carbocycles. The maximum atomic E-state index is 6.44. The Morgan fingerprint density at radius 3 is 2.81 bits per heavy atom. The second-order valence-electron chi connectivity index (χ2n) is 7.39. The zero-order valence-corrected chi connectivity index (χ0v) is 16.6. The highest BCUT2D eigenvalue weighted by molar-refractivity contribution is 5.80. The Kier molecular flexibility index (Phi) is 7.35. The summed E-state index contributed by atoms with van der Waals surface area (Å²) in [5.74, 6) is 1.85. The minimum atomic E-state index is -0.0138. The Labute approximate surface area is 162 Å². The lowest BCUT2D eigenvalue weighted by Crippen LogP contribution is -2.46. The first kappa shape index (κ1) is 20.0. The van der Waals surface area contributed by atoms with Gasteiger partial charge in [0.15, 0.2) is 5.96 Å². The molecule has 1 unspecified atom stereocenters. The van der Waals surface area contributed by atoms with Crippen molar-refractivity contribution >= 4 is 5.96 Å². The summed E-state index contributed by atoms with van der Waals surface area (Å²) in [6.07, 6.45) is 6.72. The highest BCUT2D eigenvalue weighted by Crippen LogP contribution is 2.46. The summed E-state index contributed by atoms with van der Waals surface area (Å²) >= 11 is 0. The van der Waals surface area contributed by atoms with E-state index in [2.05, 4.69) is 39.9 Å². The van der Waals surface area contributed by atoms with E-state index in [1.165, 1.54) is 18.4 Å². The molecule has 0 aromatic heterocycles. The molecule has 1 aromatic carbocycles. The predicted molar refractivity (Wildman–Crippen MR) is 107 cm³/mol. The van der Waals surface area contributed by atoms with Gasteiger partial charge in [-0.2, -0.15) is 0 Å². The third kappa shape index (κ3) is 5.36. The molecule has 6 nitrogen and oxygen atoms in total. The number of nitrogens with zero attached hydrogens (tertiary/aromatic N) is 1. The molecular weight excluding hydrogens is 342 g/mol. The van der Waals surface area contributed by atoms with Crippen molar-refractivity contribution in [3.8, 4) is 5.75 Å². The van der Waals surface area contributed by atoms with Gasteiger partial charge in [0.2, 0.25) is 0 Å². The molecule has 27 heavy (non-hydrogen) atoms. The second-order valence-corrected chi connectivity index (χ2v) is 7.39. The van der Waals surface area contributed by atoms with Gasteiger partial charge >= 0.3 is 0 Å². The van der Waals surface area contributed by atoms with Crippen LogP contribution in [0, 0.1) is 0 Å². The van der Waals surface area contributed by atoms with Gasteiger partial charge in [-0.05, 0) is 38.2 Å². The quantitative estimate of drug-likeness (QED) is 0.415. The van der Waals surface area contributed by atoms with Gasteiger partial charge in [-0.15, -0.1) is 0 Å². The predicted octanol–water partition coefficient (Wildman–Crippen LogP) is 3.04. The molecule has 2 N–H and O–H groups in total. The average molecular weight is 376 g/mol. The zero-order valence-electron chi connectivity index (χ0n) is 16.6. The fourth-order valence-corrected chi connectivity index (χ4v) is 4.06. The van der Waals surface area contributed by atoms with Crippen LogP contribution in [0.2, 0.25) is 0 Å². The van der Waals surface area contributed by atoms with Crippen LogP contribution in [0.3, 0.4) is 0 Å². The van der Waals surface area contributed by atoms with Crippen LogP contribution in [0.25, 0.3) is 0 Å². The number of guanidine groups is 1. The van der Waals surface area contributed by atoms with Crippen molar-refractivity contribution in [3.05, 3.63) is 29.8 Å². The van der Waals surface area contributed by atoms with Crippen LogP contribution >= 0.6 is 0 Å². The number of fused-ring (bicyclic) bond motifs is 1. The van der Waals surface area contributed by atoms with Crippen molar-refractivity contribution in [1.82, 2.24) is 10.6 Å². The number of hydrogen-bond acceptors (Lipinski definition) is 4. The fraction of sp³-hybridized carbons (Fsp3) is 0.667. The summed E-state index contributed by atoms with van der Waals surface area (Å²) in [4.78, 5) is 4.41. The minimum absolute atomic E-state index is 0.0138. The van der Waals surface area contributed by atoms with Crippen LogP contribution in [0.15, 0.2) is 29.3 Å². The number of methoxy groups -OCH3 is 1. The SMILES string of the molecule is CN=C(NCCCOCCOC)NC1CC2(CCCC2)Oc2ccccc21. The third-order valence-corrected chi connectivity index (χ3v) is 5.44. The molecule has 0 radical (unpaired) electrons. The molecule has 2 aliphatic rings. The van der Waals surface area contributed by atoms with E-state index in [9.17, 15) is 0 Å². The monoisotopic (exact) mass is 375 g/mol. The third-order valence-electron chi connectivity index (χ3n) is 5.44. The van der Waals surface area contributed by atoms with E-state index in [1.54, 1.807) is 7.11 Å². The van der Waals surface area contributed by atoms with Crippen LogP contribution in [-0.2, 0) is 9.47 Å². The molecule has 1 atom stereocenters. The Hall–Kier alpha value is -1.79. The summed E-state index contributed by atoms with van der Waals surface area (Å²) in [5, 5.41) is 7.03. The minimum Gasteiger partial charge on any atom is -0.487 e. The largest absolute Gasteiger partial charge is 0.487 e. The molecule has 0 bridgehead atoms. The molecule has 1 aliphatic heterocycles. The summed E-state index contributed by atoms with van der Waals surface area (Å²) in [5.41, 5.74) is 1.21. The normalized spacial score (nSPS) is 21.0. The maximum absolute atomic E-state index is 6.44. The summed E-state index contributed by atoms with van der Waals surface area (Å²) in [7, 11) is 3.51. The first-order valence-corrected chi connectivity index (χ1v) is 10.1. The van der Waals surface area contributed by atoms with Gasteiger partial charge in [0.05, 0.1) is 19.3 Å². The summed E-state index contributed by atoms with van der Waals surface area (Å²) < 4.78 is 16.9. The molecule has 1 saturated carbocycles. The fourth-order valence-electron chi connectivity index (χ4n) is 4.06. The Balaban J connectivity index is 1.54. The molecular formula is C21H33N3O3. The smallest absolute Gasteiger partial charge is 0.191 e. The van der Waals surface area contributed by atoms with Crippen LogP contribution in [0.5, 0.6) is 5.75 Å². The maximum Gasteiger partial charge on any atom is 0.191 e. The lowest BCUT2D eigenvalue weighted by atomic mass is 9.86. The van der Waals surface area contributed by atoms with E-state index in [4.69, 9.17) is 14.2 Å². The van der Waals surface area contributed by atoms with Gasteiger partial charge in [0.25, 0.3) is 0 Å². The van der Waals surface area contributed by atoms with Crippen molar-refractivity contribution in [1.29, 1.82) is 0 Å². The van der Waals surface area contributed by atoms with Gasteiger partial charge < -0.3 is 24.8 Å². The first-order chi connectivity index (χ1) is 13.3. The van der Waals surface area contributed by atoms with Gasteiger partial charge in [-0.1, -0.05) is 18.2 Å². The molecule has 1 spiro atoms. The number of para-hydroxylation sites is 1. The molecule has 0 saturated heterocycles. The van der Waals surface area contributed by atoms with E-state index >= 15 is 0 Å². The average Bonchev–Trinajstić information content (AvgIpc) is 3.13. The number of ether oxygens (including phenoxy) is 3. The number of rotatable bonds is 8. The molecule has 6 heteroatoms. The summed E-state index contributed by atoms with van der Waals surface area (Å²) in [6.45, 7) is 2.82. The van der Waals surface area contributed by atoms with Crippen LogP contribution in [0.4, 0.5) is 0 Å². The molecule has 0 amide bonds. The highest BCUT2D eigenvalue weighted by atomic mass is 16.5. The van der Waals surface area contributed by atoms with E-state index in [0.717, 1.165) is 50.5 Å². The van der Waals surface area contributed by atoms with Crippen LogP contribution < -0.4 is 15.4 Å². The van der Waals surface area contributed by atoms with Gasteiger partial charge in [-0.3, -0.25) is 4.99 Å². The topological polar surface area (TPSA) is 64.1 Å². The number of nitrogens with one attached hydrogen (secondary N) is 2. The standard InChI is InChI=1S/C21H33N3O3/c1-22-20(23-12-7-13-26-15-14-25-2)24-18-16-21(10-5-6-11-21)27-19-9-4-3-8-17(18)19/h3-4,8-9,18H,5-7,10-16H2,1-2H3,(H2,22,23,24). The van der Waals surface area contributed by atoms with E-state index < -0.39 is 0 Å². The van der Waals surface area contributed by atoms with Crippen molar-refractivity contribution in [3.63, 3.8) is 0 Å². The van der Waals surface area contributed by atoms with E-state index in [0.29, 0.717) is 13.2 Å². The number of hydrogen-bond donors (Lipinski definition) is 2. The molecule has 3 rings (SSSR count). The molecule has 1 heterocycles. The lowest BCUT2D eigenvalue weighted by Gasteiger charge is -2.40. The Bertz CT molecular complexity index is 614. The molecule has 1 aromatic rings. The number of benzene rings is 1. The van der Waals surface area contributed by atoms with Crippen molar-refractivity contribution in [2.45, 2.75) is 50.2 Å². The highest BCUT2D eigenvalue weighted by Gasteiger charge is 2.43. The van der Waals surface area contributed by atoms with Gasteiger partial charge in [0.1, 0.15) is 11.4 Å². The van der Waals surface area contributed by atoms with Crippen molar-refractivity contribution in [2.24, 2.45) is 4.99 Å². The summed E-state index contributed by atoms with van der Waals surface area (Å²) in [6, 6.07) is 8.61. The first-order valence-electron chi connectivity index (χ1n) is 10.1. The van der Waals surface area contributed by atoms with Crippen LogP contribution in [-0.4, -0.2) is 52.1 Å². The Morgan fingerprint density at radius 2 is 2.04 bits per heavy atom. The zero-order chi connectivity index (χ0) is 19.0. The molecule has 1 fully saturated rings. The van der Waals surface area contributed by atoms with Gasteiger partial charge in [0, 0.05) is 39.3 Å². The lowest BCUT2D eigenvalue weighted by molar-refractivity contribution is 0.0396. The van der Waals surface area contributed by atoms with Gasteiger partial charge in [-0.25, -0.2) is 0 Å². The number of aliphatic imine (C=N–C) groups is 1. The van der Waals surface area contributed by atoms with Crippen molar-refractivity contribution < 1.29 is 14.2 Å². The van der Waals surface area contributed by atoms with E-state index in [-0.39, 0.29) is 11.6 Å². The Morgan fingerprint density at radius 1 is 1.22 bits per heavy atom. The second kappa shape index (κ2) is 9.95.